The minimum atomic E-state index is -3.77. The summed E-state index contributed by atoms with van der Waals surface area (Å²) >= 11 is 0. The van der Waals surface area contributed by atoms with Crippen molar-refractivity contribution in [2.75, 3.05) is 6.54 Å². The SMILES string of the molecule is NS(=O)(=O)c1ccc(C(=O)NCCCn2ncccc2=O)cc1. The number of nitrogens with zero attached hydrogens (tertiary/aromatic N) is 2. The fourth-order valence-corrected chi connectivity index (χ4v) is 2.40. The molecular weight excluding hydrogens is 320 g/mol. The number of nitrogens with two attached hydrogens (primary N) is 1. The molecule has 0 aliphatic rings. The van der Waals surface area contributed by atoms with Crippen LogP contribution in [0.1, 0.15) is 16.8 Å². The van der Waals surface area contributed by atoms with Crippen LogP contribution in [-0.4, -0.2) is 30.7 Å². The topological polar surface area (TPSA) is 124 Å². The maximum atomic E-state index is 11.9. The van der Waals surface area contributed by atoms with Gasteiger partial charge < -0.3 is 5.32 Å². The first-order valence-electron chi connectivity index (χ1n) is 6.81. The van der Waals surface area contributed by atoms with Crippen LogP contribution < -0.4 is 16.0 Å². The van der Waals surface area contributed by atoms with Crippen LogP contribution in [0.4, 0.5) is 0 Å². The van der Waals surface area contributed by atoms with Crippen LogP contribution in [0.15, 0.2) is 52.3 Å². The highest BCUT2D eigenvalue weighted by Gasteiger charge is 2.09. The van der Waals surface area contributed by atoms with Crippen LogP contribution in [-0.2, 0) is 16.6 Å². The first-order chi connectivity index (χ1) is 10.9. The van der Waals surface area contributed by atoms with Crippen molar-refractivity contribution >= 4 is 15.9 Å². The Morgan fingerprint density at radius 3 is 2.52 bits per heavy atom. The number of rotatable bonds is 6. The van der Waals surface area contributed by atoms with Gasteiger partial charge in [0.2, 0.25) is 10.0 Å². The van der Waals surface area contributed by atoms with E-state index in [1.807, 2.05) is 0 Å². The molecule has 9 heteroatoms. The molecule has 0 aliphatic carbocycles. The maximum absolute atomic E-state index is 11.9. The van der Waals surface area contributed by atoms with E-state index in [0.29, 0.717) is 25.1 Å². The molecule has 0 spiro atoms. The van der Waals surface area contributed by atoms with E-state index in [1.165, 1.54) is 41.2 Å². The number of aromatic nitrogens is 2. The number of sulfonamides is 1. The number of nitrogens with one attached hydrogen (secondary N) is 1. The predicted octanol–water partition coefficient (Wildman–Crippen LogP) is -0.289. The van der Waals surface area contributed by atoms with Crippen molar-refractivity contribution in [1.82, 2.24) is 15.1 Å². The molecule has 0 atom stereocenters. The number of primary sulfonamides is 1. The molecule has 2 rings (SSSR count). The highest BCUT2D eigenvalue weighted by atomic mass is 32.2. The van der Waals surface area contributed by atoms with Gasteiger partial charge in [0.1, 0.15) is 0 Å². The van der Waals surface area contributed by atoms with E-state index < -0.39 is 10.0 Å². The van der Waals surface area contributed by atoms with Crippen LogP contribution in [0.25, 0.3) is 0 Å². The smallest absolute Gasteiger partial charge is 0.266 e. The fourth-order valence-electron chi connectivity index (χ4n) is 1.88. The lowest BCUT2D eigenvalue weighted by molar-refractivity contribution is 0.0952. The van der Waals surface area contributed by atoms with Crippen LogP contribution >= 0.6 is 0 Å². The van der Waals surface area contributed by atoms with E-state index in [0.717, 1.165) is 0 Å². The van der Waals surface area contributed by atoms with Crippen LogP contribution in [0.5, 0.6) is 0 Å². The Morgan fingerprint density at radius 1 is 1.22 bits per heavy atom. The lowest BCUT2D eigenvalue weighted by Gasteiger charge is -2.06. The minimum absolute atomic E-state index is 0.0522. The van der Waals surface area contributed by atoms with Gasteiger partial charge in [-0.2, -0.15) is 5.10 Å². The van der Waals surface area contributed by atoms with Gasteiger partial charge >= 0.3 is 0 Å². The summed E-state index contributed by atoms with van der Waals surface area (Å²) in [6.07, 6.45) is 2.06. The Bertz CT molecular complexity index is 844. The Hall–Kier alpha value is -2.52. The number of benzene rings is 1. The van der Waals surface area contributed by atoms with Crippen molar-refractivity contribution < 1.29 is 13.2 Å². The molecule has 1 amide bonds. The normalized spacial score (nSPS) is 11.2. The van der Waals surface area contributed by atoms with Gasteiger partial charge in [-0.15, -0.1) is 0 Å². The Kier molecular flexibility index (Phi) is 5.24. The third-order valence-corrected chi connectivity index (χ3v) is 3.99. The molecule has 1 aromatic carbocycles. The van der Waals surface area contributed by atoms with E-state index in [9.17, 15) is 18.0 Å². The number of hydrogen-bond acceptors (Lipinski definition) is 5. The Labute approximate surface area is 133 Å². The summed E-state index contributed by atoms with van der Waals surface area (Å²) in [5.41, 5.74) is 0.129. The monoisotopic (exact) mass is 336 g/mol. The average Bonchev–Trinajstić information content (AvgIpc) is 2.52. The Balaban J connectivity index is 1.85. The average molecular weight is 336 g/mol. The number of carbonyl (C=O) groups is 1. The summed E-state index contributed by atoms with van der Waals surface area (Å²) in [6.45, 7) is 0.753. The second-order valence-electron chi connectivity index (χ2n) is 4.76. The van der Waals surface area contributed by atoms with Crippen LogP contribution in [0.2, 0.25) is 0 Å². The van der Waals surface area contributed by atoms with E-state index in [-0.39, 0.29) is 16.4 Å². The molecule has 1 heterocycles. The predicted molar refractivity (Wildman–Crippen MR) is 83.3 cm³/mol. The lowest BCUT2D eigenvalue weighted by atomic mass is 10.2. The van der Waals surface area contributed by atoms with E-state index >= 15 is 0 Å². The molecule has 0 saturated heterocycles. The highest BCUT2D eigenvalue weighted by molar-refractivity contribution is 7.89. The van der Waals surface area contributed by atoms with Crippen molar-refractivity contribution in [3.63, 3.8) is 0 Å². The molecule has 0 unspecified atom stereocenters. The van der Waals surface area contributed by atoms with Gasteiger partial charge in [-0.1, -0.05) is 0 Å². The zero-order valence-corrected chi connectivity index (χ0v) is 13.0. The molecule has 0 fully saturated rings. The third-order valence-electron chi connectivity index (χ3n) is 3.06. The molecule has 0 aliphatic heterocycles. The molecular formula is C14H16N4O4S. The maximum Gasteiger partial charge on any atom is 0.266 e. The Morgan fingerprint density at radius 2 is 1.91 bits per heavy atom. The summed E-state index contributed by atoms with van der Waals surface area (Å²) in [4.78, 5) is 23.3. The van der Waals surface area contributed by atoms with Gasteiger partial charge in [0.05, 0.1) is 4.90 Å². The summed E-state index contributed by atoms with van der Waals surface area (Å²) in [5, 5.41) is 11.6. The van der Waals surface area contributed by atoms with Gasteiger partial charge in [-0.3, -0.25) is 9.59 Å². The fraction of sp³-hybridized carbons (Fsp3) is 0.214. The van der Waals surface area contributed by atoms with Crippen molar-refractivity contribution in [3.05, 3.63) is 58.5 Å². The largest absolute Gasteiger partial charge is 0.352 e. The summed E-state index contributed by atoms with van der Waals surface area (Å²) in [7, 11) is -3.77. The van der Waals surface area contributed by atoms with E-state index in [4.69, 9.17) is 5.14 Å². The highest BCUT2D eigenvalue weighted by Crippen LogP contribution is 2.08. The van der Waals surface area contributed by atoms with Gasteiger partial charge in [-0.25, -0.2) is 18.2 Å². The molecule has 23 heavy (non-hydrogen) atoms. The molecule has 3 N–H and O–H groups in total. The molecule has 8 nitrogen and oxygen atoms in total. The van der Waals surface area contributed by atoms with Crippen molar-refractivity contribution in [2.45, 2.75) is 17.9 Å². The second kappa shape index (κ2) is 7.16. The van der Waals surface area contributed by atoms with E-state index in [1.54, 1.807) is 6.07 Å². The number of carbonyl (C=O) groups excluding carboxylic acids is 1. The van der Waals surface area contributed by atoms with Crippen LogP contribution in [0, 0.1) is 0 Å². The van der Waals surface area contributed by atoms with Gasteiger partial charge in [-0.05, 0) is 36.8 Å². The molecule has 0 bridgehead atoms. The van der Waals surface area contributed by atoms with Crippen LogP contribution in [0.3, 0.4) is 0 Å². The molecule has 0 saturated carbocycles. The van der Waals surface area contributed by atoms with E-state index in [2.05, 4.69) is 10.4 Å². The van der Waals surface area contributed by atoms with Gasteiger partial charge in [0, 0.05) is 30.9 Å². The first-order valence-corrected chi connectivity index (χ1v) is 8.36. The number of aryl methyl sites for hydroxylation is 1. The van der Waals surface area contributed by atoms with Gasteiger partial charge in [0.15, 0.2) is 0 Å². The molecule has 122 valence electrons. The number of hydrogen-bond donors (Lipinski definition) is 2. The zero-order valence-electron chi connectivity index (χ0n) is 12.2. The number of amides is 1. The van der Waals surface area contributed by atoms with Gasteiger partial charge in [0.25, 0.3) is 11.5 Å². The third kappa shape index (κ3) is 4.73. The standard InChI is InChI=1S/C14H16N4O4S/c15-23(21,22)12-6-4-11(5-7-12)14(20)16-8-2-10-18-13(19)3-1-9-17-18/h1,3-7,9H,2,8,10H2,(H,16,20)(H2,15,21,22). The summed E-state index contributed by atoms with van der Waals surface area (Å²) in [5.74, 6) is -0.334. The molecule has 2 aromatic rings. The lowest BCUT2D eigenvalue weighted by Crippen LogP contribution is -2.27. The van der Waals surface area contributed by atoms with Crippen molar-refractivity contribution in [1.29, 1.82) is 0 Å². The summed E-state index contributed by atoms with van der Waals surface area (Å²) < 4.78 is 23.6. The van der Waals surface area contributed by atoms with Crippen molar-refractivity contribution in [3.8, 4) is 0 Å². The van der Waals surface area contributed by atoms with Crippen molar-refractivity contribution in [2.24, 2.45) is 5.14 Å². The quantitative estimate of drug-likeness (QED) is 0.702. The second-order valence-corrected chi connectivity index (χ2v) is 6.33. The summed E-state index contributed by atoms with van der Waals surface area (Å²) in [6, 6.07) is 8.30. The molecule has 0 radical (unpaired) electrons. The minimum Gasteiger partial charge on any atom is -0.352 e. The first kappa shape index (κ1) is 16.8. The molecule has 1 aromatic heterocycles. The zero-order chi connectivity index (χ0) is 16.9.